The van der Waals surface area contributed by atoms with Crippen molar-refractivity contribution in [1.29, 1.82) is 0 Å². The zero-order valence-corrected chi connectivity index (χ0v) is 10.8. The summed E-state index contributed by atoms with van der Waals surface area (Å²) in [5, 5.41) is 2.35. The number of amides is 3. The lowest BCUT2D eigenvalue weighted by Gasteiger charge is -2.29. The Balaban J connectivity index is 1.77. The number of carbonyl (C=O) groups excluding carboxylic acids is 2. The highest BCUT2D eigenvalue weighted by Gasteiger charge is 2.24. The Morgan fingerprint density at radius 2 is 2.00 bits per heavy atom. The molecule has 1 aliphatic rings. The third-order valence-electron chi connectivity index (χ3n) is 3.32. The monoisotopic (exact) mass is 270 g/mol. The summed E-state index contributed by atoms with van der Waals surface area (Å²) in [4.78, 5) is 25.6. The van der Waals surface area contributed by atoms with Gasteiger partial charge in [0.25, 0.3) is 5.91 Å². The second-order valence-corrected chi connectivity index (χ2v) is 4.62. The maximum Gasteiger partial charge on any atom is 0.328 e. The van der Waals surface area contributed by atoms with Crippen LogP contribution in [0, 0.1) is 0 Å². The minimum atomic E-state index is -0.525. The highest BCUT2D eigenvalue weighted by Crippen LogP contribution is 2.26. The van der Waals surface area contributed by atoms with E-state index in [4.69, 9.17) is 4.42 Å². The van der Waals surface area contributed by atoms with Crippen molar-refractivity contribution in [3.05, 3.63) is 54.0 Å². The van der Waals surface area contributed by atoms with E-state index < -0.39 is 11.9 Å². The first-order valence-electron chi connectivity index (χ1n) is 6.50. The number of hydrogen-bond donors (Lipinski definition) is 1. The third kappa shape index (κ3) is 2.30. The molecule has 2 heterocycles. The molecule has 0 bridgehead atoms. The molecular weight excluding hydrogens is 256 g/mol. The Labute approximate surface area is 116 Å². The largest absolute Gasteiger partial charge is 0.459 e. The van der Waals surface area contributed by atoms with Gasteiger partial charge in [-0.1, -0.05) is 18.2 Å². The average molecular weight is 270 g/mol. The van der Waals surface area contributed by atoms with Crippen LogP contribution in [0.3, 0.4) is 0 Å². The average Bonchev–Trinajstić information content (AvgIpc) is 3.01. The first-order valence-corrected chi connectivity index (χ1v) is 6.50. The first-order chi connectivity index (χ1) is 9.75. The number of nitrogens with zero attached hydrogens (tertiary/aromatic N) is 1. The van der Waals surface area contributed by atoms with Gasteiger partial charge in [0.15, 0.2) is 5.76 Å². The van der Waals surface area contributed by atoms with Gasteiger partial charge in [0.05, 0.1) is 6.26 Å². The third-order valence-corrected chi connectivity index (χ3v) is 3.32. The number of fused-ring (bicyclic) bond motifs is 1. The quantitative estimate of drug-likeness (QED) is 0.866. The molecule has 0 aliphatic carbocycles. The molecule has 2 aromatic rings. The molecule has 1 N–H and O–H groups in total. The Morgan fingerprint density at radius 1 is 1.15 bits per heavy atom. The molecule has 1 aromatic heterocycles. The zero-order valence-electron chi connectivity index (χ0n) is 10.8. The van der Waals surface area contributed by atoms with E-state index in [1.165, 1.54) is 12.3 Å². The van der Waals surface area contributed by atoms with E-state index in [-0.39, 0.29) is 5.76 Å². The van der Waals surface area contributed by atoms with Crippen LogP contribution in [-0.2, 0) is 6.42 Å². The summed E-state index contributed by atoms with van der Waals surface area (Å²) < 4.78 is 4.97. The molecule has 0 atom stereocenters. The Morgan fingerprint density at radius 3 is 2.80 bits per heavy atom. The van der Waals surface area contributed by atoms with Gasteiger partial charge in [0.2, 0.25) is 0 Å². The molecule has 0 saturated heterocycles. The fourth-order valence-electron chi connectivity index (χ4n) is 2.38. The maximum absolute atomic E-state index is 12.2. The smallest absolute Gasteiger partial charge is 0.328 e. The van der Waals surface area contributed by atoms with Crippen LogP contribution in [0.25, 0.3) is 0 Å². The molecule has 1 aromatic carbocycles. The van der Waals surface area contributed by atoms with Gasteiger partial charge >= 0.3 is 6.03 Å². The summed E-state index contributed by atoms with van der Waals surface area (Å²) in [7, 11) is 0. The van der Waals surface area contributed by atoms with Crippen molar-refractivity contribution in [3.63, 3.8) is 0 Å². The van der Waals surface area contributed by atoms with Crippen molar-refractivity contribution in [1.82, 2.24) is 5.32 Å². The number of hydrogen-bond acceptors (Lipinski definition) is 3. The Kier molecular flexibility index (Phi) is 3.25. The van der Waals surface area contributed by atoms with Crippen molar-refractivity contribution < 1.29 is 14.0 Å². The van der Waals surface area contributed by atoms with Crippen LogP contribution >= 0.6 is 0 Å². The van der Waals surface area contributed by atoms with Gasteiger partial charge in [-0.05, 0) is 36.6 Å². The molecule has 0 saturated carbocycles. The van der Waals surface area contributed by atoms with Crippen LogP contribution < -0.4 is 10.2 Å². The molecule has 3 amide bonds. The summed E-state index contributed by atoms with van der Waals surface area (Å²) in [5.41, 5.74) is 1.99. The summed E-state index contributed by atoms with van der Waals surface area (Å²) in [5.74, 6) is -0.397. The predicted molar refractivity (Wildman–Crippen MR) is 73.7 cm³/mol. The highest BCUT2D eigenvalue weighted by molar-refractivity contribution is 6.08. The Hall–Kier alpha value is -2.56. The summed E-state index contributed by atoms with van der Waals surface area (Å²) in [6.45, 7) is 0.605. The molecule has 20 heavy (non-hydrogen) atoms. The van der Waals surface area contributed by atoms with Gasteiger partial charge in [0, 0.05) is 12.2 Å². The fourth-order valence-corrected chi connectivity index (χ4v) is 2.38. The number of urea groups is 1. The van der Waals surface area contributed by atoms with Crippen LogP contribution in [0.4, 0.5) is 10.5 Å². The normalized spacial score (nSPS) is 13.7. The minimum absolute atomic E-state index is 0.128. The maximum atomic E-state index is 12.2. The van der Waals surface area contributed by atoms with Crippen molar-refractivity contribution in [2.45, 2.75) is 12.8 Å². The first kappa shape index (κ1) is 12.5. The molecule has 5 nitrogen and oxygen atoms in total. The van der Waals surface area contributed by atoms with E-state index >= 15 is 0 Å². The van der Waals surface area contributed by atoms with Gasteiger partial charge in [-0.25, -0.2) is 4.79 Å². The molecule has 0 fully saturated rings. The van der Waals surface area contributed by atoms with E-state index in [0.717, 1.165) is 24.1 Å². The number of aryl methyl sites for hydroxylation is 1. The lowest BCUT2D eigenvalue weighted by molar-refractivity contribution is 0.0938. The molecular formula is C15H14N2O3. The second-order valence-electron chi connectivity index (χ2n) is 4.62. The SMILES string of the molecule is O=C(NC(=O)N1CCCc2ccccc21)c1ccco1. The molecule has 102 valence electrons. The van der Waals surface area contributed by atoms with Crippen LogP contribution in [0.2, 0.25) is 0 Å². The standard InChI is InChI=1S/C15H14N2O3/c18-14(13-8-4-10-20-13)16-15(19)17-9-3-6-11-5-1-2-7-12(11)17/h1-2,4-5,7-8,10H,3,6,9H2,(H,16,18,19). The Bertz CT molecular complexity index is 634. The van der Waals surface area contributed by atoms with Gasteiger partial charge in [-0.2, -0.15) is 0 Å². The molecule has 3 rings (SSSR count). The lowest BCUT2D eigenvalue weighted by atomic mass is 10.0. The van der Waals surface area contributed by atoms with E-state index in [1.807, 2.05) is 24.3 Å². The molecule has 0 spiro atoms. The molecule has 5 heteroatoms. The molecule has 0 unspecified atom stereocenters. The number of para-hydroxylation sites is 1. The number of anilines is 1. The molecule has 0 radical (unpaired) electrons. The van der Waals surface area contributed by atoms with Gasteiger partial charge in [-0.3, -0.25) is 15.0 Å². The van der Waals surface area contributed by atoms with Gasteiger partial charge < -0.3 is 4.42 Å². The fraction of sp³-hybridized carbons (Fsp3) is 0.200. The number of carbonyl (C=O) groups is 2. The van der Waals surface area contributed by atoms with E-state index in [1.54, 1.807) is 11.0 Å². The van der Waals surface area contributed by atoms with Crippen molar-refractivity contribution in [2.24, 2.45) is 0 Å². The summed E-state index contributed by atoms with van der Waals surface area (Å²) >= 11 is 0. The number of imide groups is 1. The van der Waals surface area contributed by atoms with Gasteiger partial charge in [0.1, 0.15) is 0 Å². The lowest BCUT2D eigenvalue weighted by Crippen LogP contribution is -2.45. The number of nitrogens with one attached hydrogen (secondary N) is 1. The van der Waals surface area contributed by atoms with E-state index in [9.17, 15) is 9.59 Å². The topological polar surface area (TPSA) is 62.6 Å². The van der Waals surface area contributed by atoms with E-state index in [2.05, 4.69) is 5.32 Å². The highest BCUT2D eigenvalue weighted by atomic mass is 16.3. The number of furan rings is 1. The minimum Gasteiger partial charge on any atom is -0.459 e. The number of rotatable bonds is 1. The van der Waals surface area contributed by atoms with Crippen LogP contribution in [0.15, 0.2) is 47.1 Å². The van der Waals surface area contributed by atoms with Crippen molar-refractivity contribution >= 4 is 17.6 Å². The summed E-state index contributed by atoms with van der Waals surface area (Å²) in [6.07, 6.45) is 3.24. The van der Waals surface area contributed by atoms with Crippen LogP contribution in [-0.4, -0.2) is 18.5 Å². The van der Waals surface area contributed by atoms with Crippen LogP contribution in [0.5, 0.6) is 0 Å². The van der Waals surface area contributed by atoms with Crippen molar-refractivity contribution in [2.75, 3.05) is 11.4 Å². The van der Waals surface area contributed by atoms with Crippen LogP contribution in [0.1, 0.15) is 22.5 Å². The predicted octanol–water partition coefficient (Wildman–Crippen LogP) is 2.58. The number of benzene rings is 1. The summed E-state index contributed by atoms with van der Waals surface area (Å²) in [6, 6.07) is 10.4. The second kappa shape index (κ2) is 5.21. The molecule has 1 aliphatic heterocycles. The van der Waals surface area contributed by atoms with E-state index in [0.29, 0.717) is 6.54 Å². The zero-order chi connectivity index (χ0) is 13.9. The van der Waals surface area contributed by atoms with Crippen molar-refractivity contribution in [3.8, 4) is 0 Å². The van der Waals surface area contributed by atoms with Gasteiger partial charge in [-0.15, -0.1) is 0 Å².